The molecule has 0 bridgehead atoms. The van der Waals surface area contributed by atoms with Gasteiger partial charge in [0, 0.05) is 20.1 Å². The van der Waals surface area contributed by atoms with Crippen LogP contribution >= 0.6 is 0 Å². The average Bonchev–Trinajstić information content (AvgIpc) is 2.89. The van der Waals surface area contributed by atoms with Crippen molar-refractivity contribution in [2.45, 2.75) is 12.1 Å². The van der Waals surface area contributed by atoms with Gasteiger partial charge in [-0.05, 0) is 11.1 Å². The molecular weight excluding hydrogens is 308 g/mol. The van der Waals surface area contributed by atoms with Crippen molar-refractivity contribution >= 4 is 0 Å². The lowest BCUT2D eigenvalue weighted by Crippen LogP contribution is -2.40. The van der Waals surface area contributed by atoms with Crippen LogP contribution < -0.4 is 11.4 Å². The fourth-order valence-corrected chi connectivity index (χ4v) is 3.53. The summed E-state index contributed by atoms with van der Waals surface area (Å²) in [7, 11) is 1.48. The topological polar surface area (TPSA) is 72.3 Å². The van der Waals surface area contributed by atoms with E-state index in [-0.39, 0.29) is 17.8 Å². The third kappa shape index (κ3) is 2.37. The number of nitrogens with one attached hydrogen (secondary N) is 1. The van der Waals surface area contributed by atoms with Crippen molar-refractivity contribution in [1.82, 2.24) is 19.2 Å². The molecule has 1 aliphatic carbocycles. The fourth-order valence-electron chi connectivity index (χ4n) is 3.53. The summed E-state index contributed by atoms with van der Waals surface area (Å²) >= 11 is 0. The minimum Gasteiger partial charge on any atom is -0.379 e. The quantitative estimate of drug-likeness (QED) is 0.811. The third-order valence-corrected chi connectivity index (χ3v) is 4.84. The molecule has 0 unspecified atom stereocenters. The normalized spacial score (nSPS) is 24.0. The molecule has 1 saturated heterocycles. The lowest BCUT2D eigenvalue weighted by molar-refractivity contribution is 0.0246. The Morgan fingerprint density at radius 1 is 1.04 bits per heavy atom. The van der Waals surface area contributed by atoms with E-state index >= 15 is 0 Å². The smallest absolute Gasteiger partial charge is 0.347 e. The first-order valence-electron chi connectivity index (χ1n) is 8.13. The molecule has 126 valence electrons. The van der Waals surface area contributed by atoms with Crippen molar-refractivity contribution in [2.24, 2.45) is 7.05 Å². The predicted molar refractivity (Wildman–Crippen MR) is 89.1 cm³/mol. The monoisotopic (exact) mass is 328 g/mol. The van der Waals surface area contributed by atoms with Gasteiger partial charge in [0.2, 0.25) is 0 Å². The fraction of sp³-hybridized carbons (Fsp3) is 0.412. The van der Waals surface area contributed by atoms with Crippen LogP contribution in [0, 0.1) is 0 Å². The number of benzene rings is 1. The van der Waals surface area contributed by atoms with E-state index in [1.165, 1.54) is 17.3 Å². The zero-order chi connectivity index (χ0) is 16.7. The van der Waals surface area contributed by atoms with E-state index in [1.54, 1.807) is 0 Å². The maximum Gasteiger partial charge on any atom is 0.347 e. The summed E-state index contributed by atoms with van der Waals surface area (Å²) in [6.45, 7) is 3.25. The number of H-pyrrole nitrogens is 1. The van der Waals surface area contributed by atoms with Crippen LogP contribution in [-0.4, -0.2) is 45.6 Å². The minimum absolute atomic E-state index is 0.174. The molecule has 0 spiro atoms. The highest BCUT2D eigenvalue weighted by Crippen LogP contribution is 2.35. The Morgan fingerprint density at radius 3 is 2.29 bits per heavy atom. The Kier molecular flexibility index (Phi) is 3.74. The highest BCUT2D eigenvalue weighted by Gasteiger charge is 2.29. The average molecular weight is 328 g/mol. The van der Waals surface area contributed by atoms with Gasteiger partial charge in [0.25, 0.3) is 0 Å². The van der Waals surface area contributed by atoms with E-state index in [9.17, 15) is 9.59 Å². The zero-order valence-electron chi connectivity index (χ0n) is 13.5. The molecule has 7 heteroatoms. The first kappa shape index (κ1) is 15.2. The van der Waals surface area contributed by atoms with Crippen LogP contribution in [0.1, 0.15) is 23.2 Å². The summed E-state index contributed by atoms with van der Waals surface area (Å²) in [5, 5.41) is 2.64. The number of aromatic nitrogens is 3. The molecule has 0 amide bonds. The number of rotatable bonds is 2. The number of hydrogen-bond donors (Lipinski definition) is 1. The highest BCUT2D eigenvalue weighted by atomic mass is 16.5. The second kappa shape index (κ2) is 5.92. The maximum absolute atomic E-state index is 12.3. The summed E-state index contributed by atoms with van der Waals surface area (Å²) in [4.78, 5) is 26.5. The summed E-state index contributed by atoms with van der Waals surface area (Å²) in [5.74, 6) is 0. The molecule has 1 aromatic carbocycles. The lowest BCUT2D eigenvalue weighted by Gasteiger charge is -2.37. The van der Waals surface area contributed by atoms with Crippen molar-refractivity contribution in [3.8, 4) is 0 Å². The van der Waals surface area contributed by atoms with E-state index in [0.717, 1.165) is 36.4 Å². The van der Waals surface area contributed by atoms with Crippen LogP contribution in [0.25, 0.3) is 0 Å². The van der Waals surface area contributed by atoms with Gasteiger partial charge in [0.15, 0.2) is 0 Å². The van der Waals surface area contributed by atoms with Crippen molar-refractivity contribution in [2.75, 3.05) is 26.3 Å². The van der Waals surface area contributed by atoms with Crippen LogP contribution in [0.15, 0.2) is 46.0 Å². The summed E-state index contributed by atoms with van der Waals surface area (Å²) < 4.78 is 7.93. The number of ether oxygens (including phenoxy) is 1. The molecule has 1 N–H and O–H groups in total. The number of morpholine rings is 1. The number of fused-ring (bicyclic) bond motifs is 1. The van der Waals surface area contributed by atoms with Crippen LogP contribution in [-0.2, 0) is 11.8 Å². The Balaban J connectivity index is 1.78. The molecule has 7 nitrogen and oxygen atoms in total. The maximum atomic E-state index is 12.3. The molecule has 0 radical (unpaired) electrons. The SMILES string of the molecule is Cn1c(=O)[nH]n([C@@H]2C=C[C@H](N3CCOCC3)c3ccccc32)c1=O. The molecule has 2 atom stereocenters. The van der Waals surface area contributed by atoms with E-state index in [1.807, 2.05) is 24.3 Å². The van der Waals surface area contributed by atoms with Gasteiger partial charge in [-0.2, -0.15) is 0 Å². The van der Waals surface area contributed by atoms with Crippen LogP contribution in [0.5, 0.6) is 0 Å². The first-order valence-corrected chi connectivity index (χ1v) is 8.13. The largest absolute Gasteiger partial charge is 0.379 e. The molecule has 4 rings (SSSR count). The van der Waals surface area contributed by atoms with Gasteiger partial charge in [-0.3, -0.25) is 4.90 Å². The van der Waals surface area contributed by atoms with Crippen molar-refractivity contribution in [3.63, 3.8) is 0 Å². The van der Waals surface area contributed by atoms with Gasteiger partial charge in [-0.25, -0.2) is 23.9 Å². The van der Waals surface area contributed by atoms with E-state index in [0.29, 0.717) is 0 Å². The molecular formula is C17H20N4O3. The molecule has 1 fully saturated rings. The van der Waals surface area contributed by atoms with Gasteiger partial charge in [-0.1, -0.05) is 36.4 Å². The van der Waals surface area contributed by atoms with Gasteiger partial charge < -0.3 is 4.74 Å². The zero-order valence-corrected chi connectivity index (χ0v) is 13.5. The van der Waals surface area contributed by atoms with E-state index in [4.69, 9.17) is 4.74 Å². The predicted octanol–water partition coefficient (Wildman–Crippen LogP) is 0.408. The highest BCUT2D eigenvalue weighted by molar-refractivity contribution is 5.41. The lowest BCUT2D eigenvalue weighted by atomic mass is 9.88. The first-order chi connectivity index (χ1) is 11.7. The van der Waals surface area contributed by atoms with Crippen LogP contribution in [0.2, 0.25) is 0 Å². The molecule has 0 saturated carbocycles. The molecule has 1 aromatic heterocycles. The van der Waals surface area contributed by atoms with Crippen molar-refractivity contribution in [3.05, 3.63) is 68.5 Å². The summed E-state index contributed by atoms with van der Waals surface area (Å²) in [6.07, 6.45) is 4.12. The van der Waals surface area contributed by atoms with Gasteiger partial charge in [0.05, 0.1) is 25.3 Å². The summed E-state index contributed by atoms with van der Waals surface area (Å²) in [6, 6.07) is 7.98. The Bertz CT molecular complexity index is 886. The van der Waals surface area contributed by atoms with Gasteiger partial charge in [-0.15, -0.1) is 0 Å². The Morgan fingerprint density at radius 2 is 1.67 bits per heavy atom. The Labute approximate surface area is 138 Å². The van der Waals surface area contributed by atoms with E-state index in [2.05, 4.69) is 22.1 Å². The van der Waals surface area contributed by atoms with Gasteiger partial charge in [0.1, 0.15) is 0 Å². The number of nitrogens with zero attached hydrogens (tertiary/aromatic N) is 3. The van der Waals surface area contributed by atoms with Crippen LogP contribution in [0.4, 0.5) is 0 Å². The second-order valence-electron chi connectivity index (χ2n) is 6.18. The second-order valence-corrected chi connectivity index (χ2v) is 6.18. The summed E-state index contributed by atoms with van der Waals surface area (Å²) in [5.41, 5.74) is 1.47. The number of hydrogen-bond acceptors (Lipinski definition) is 4. The Hall–Kier alpha value is -2.38. The number of aromatic amines is 1. The standard InChI is InChI=1S/C17H20N4O3/c1-19-16(22)18-21(17(19)23)15-7-6-14(20-8-10-24-11-9-20)12-4-2-3-5-13(12)15/h2-7,14-15H,8-11H2,1H3,(H,18,22)/t14-,15+/m0/s1. The number of allylic oxidation sites excluding steroid dienone is 1. The van der Waals surface area contributed by atoms with Crippen LogP contribution in [0.3, 0.4) is 0 Å². The van der Waals surface area contributed by atoms with Crippen molar-refractivity contribution in [1.29, 1.82) is 0 Å². The molecule has 24 heavy (non-hydrogen) atoms. The molecule has 2 heterocycles. The molecule has 1 aliphatic heterocycles. The molecule has 2 aliphatic rings. The van der Waals surface area contributed by atoms with E-state index < -0.39 is 5.69 Å². The third-order valence-electron chi connectivity index (χ3n) is 4.84. The van der Waals surface area contributed by atoms with Crippen molar-refractivity contribution < 1.29 is 4.74 Å². The minimum atomic E-state index is -0.402. The van der Waals surface area contributed by atoms with Gasteiger partial charge >= 0.3 is 11.4 Å². The molecule has 2 aromatic rings.